The third-order valence-electron chi connectivity index (χ3n) is 4.46. The van der Waals surface area contributed by atoms with Crippen LogP contribution in [0.2, 0.25) is 0 Å². The van der Waals surface area contributed by atoms with E-state index in [1.165, 1.54) is 31.0 Å². The van der Waals surface area contributed by atoms with E-state index in [1.807, 2.05) is 6.07 Å². The van der Waals surface area contributed by atoms with Crippen LogP contribution in [0, 0.1) is 11.7 Å². The van der Waals surface area contributed by atoms with Crippen LogP contribution >= 0.6 is 0 Å². The molecule has 0 atom stereocenters. The lowest BCUT2D eigenvalue weighted by Crippen LogP contribution is -2.46. The molecule has 4 heteroatoms. The van der Waals surface area contributed by atoms with Gasteiger partial charge in [-0.2, -0.15) is 0 Å². The minimum Gasteiger partial charge on any atom is -0.326 e. The second-order valence-corrected chi connectivity index (χ2v) is 6.14. The van der Waals surface area contributed by atoms with Gasteiger partial charge in [-0.05, 0) is 42.0 Å². The SMILES string of the molecule is NCc1cc(F)ccc1CN1CCN(CC2CC2)CC1. The lowest BCUT2D eigenvalue weighted by molar-refractivity contribution is 0.123. The molecule has 1 aliphatic heterocycles. The topological polar surface area (TPSA) is 32.5 Å². The van der Waals surface area contributed by atoms with Crippen molar-refractivity contribution in [3.05, 3.63) is 35.1 Å². The lowest BCUT2D eigenvalue weighted by Gasteiger charge is -2.35. The third-order valence-corrected chi connectivity index (χ3v) is 4.46. The van der Waals surface area contributed by atoms with Gasteiger partial charge in [-0.3, -0.25) is 4.90 Å². The van der Waals surface area contributed by atoms with E-state index in [1.54, 1.807) is 6.07 Å². The molecule has 3 rings (SSSR count). The fourth-order valence-corrected chi connectivity index (χ4v) is 2.98. The molecule has 1 heterocycles. The summed E-state index contributed by atoms with van der Waals surface area (Å²) in [5.41, 5.74) is 7.82. The largest absolute Gasteiger partial charge is 0.326 e. The van der Waals surface area contributed by atoms with Crippen LogP contribution in [-0.4, -0.2) is 42.5 Å². The first-order valence-electron chi connectivity index (χ1n) is 7.66. The average Bonchev–Trinajstić information content (AvgIpc) is 3.27. The molecule has 2 aliphatic rings. The molecule has 0 radical (unpaired) electrons. The second kappa shape index (κ2) is 6.20. The minimum atomic E-state index is -0.191. The maximum absolute atomic E-state index is 13.2. The molecule has 2 fully saturated rings. The van der Waals surface area contributed by atoms with Crippen LogP contribution in [0.4, 0.5) is 4.39 Å². The van der Waals surface area contributed by atoms with Gasteiger partial charge >= 0.3 is 0 Å². The van der Waals surface area contributed by atoms with Crippen molar-refractivity contribution in [3.8, 4) is 0 Å². The molecule has 1 aromatic carbocycles. The van der Waals surface area contributed by atoms with Crippen LogP contribution in [0.15, 0.2) is 18.2 Å². The zero-order valence-electron chi connectivity index (χ0n) is 12.0. The molecule has 2 N–H and O–H groups in total. The summed E-state index contributed by atoms with van der Waals surface area (Å²) in [5.74, 6) is 0.783. The summed E-state index contributed by atoms with van der Waals surface area (Å²) >= 11 is 0. The maximum atomic E-state index is 13.2. The molecule has 0 aromatic heterocycles. The highest BCUT2D eigenvalue weighted by Crippen LogP contribution is 2.30. The molecule has 0 bridgehead atoms. The Morgan fingerprint density at radius 3 is 2.40 bits per heavy atom. The molecule has 20 heavy (non-hydrogen) atoms. The summed E-state index contributed by atoms with van der Waals surface area (Å²) in [4.78, 5) is 5.04. The number of benzene rings is 1. The van der Waals surface area contributed by atoms with Gasteiger partial charge in [-0.25, -0.2) is 4.39 Å². The van der Waals surface area contributed by atoms with E-state index < -0.39 is 0 Å². The monoisotopic (exact) mass is 277 g/mol. The number of piperazine rings is 1. The van der Waals surface area contributed by atoms with Gasteiger partial charge in [0.05, 0.1) is 0 Å². The van der Waals surface area contributed by atoms with Gasteiger partial charge in [-0.1, -0.05) is 6.07 Å². The molecule has 1 aromatic rings. The van der Waals surface area contributed by atoms with Crippen molar-refractivity contribution in [2.24, 2.45) is 11.7 Å². The van der Waals surface area contributed by atoms with Crippen molar-refractivity contribution in [3.63, 3.8) is 0 Å². The Morgan fingerprint density at radius 2 is 1.75 bits per heavy atom. The van der Waals surface area contributed by atoms with Crippen LogP contribution in [0.5, 0.6) is 0 Å². The van der Waals surface area contributed by atoms with Crippen LogP contribution in [0.25, 0.3) is 0 Å². The number of rotatable bonds is 5. The first kappa shape index (κ1) is 14.0. The Balaban J connectivity index is 1.53. The Morgan fingerprint density at radius 1 is 1.05 bits per heavy atom. The van der Waals surface area contributed by atoms with Crippen molar-refractivity contribution in [2.45, 2.75) is 25.9 Å². The third kappa shape index (κ3) is 3.57. The van der Waals surface area contributed by atoms with Crippen molar-refractivity contribution in [1.82, 2.24) is 9.80 Å². The summed E-state index contributed by atoms with van der Waals surface area (Å²) < 4.78 is 13.2. The molecule has 0 unspecified atom stereocenters. The highest BCUT2D eigenvalue weighted by atomic mass is 19.1. The Bertz CT molecular complexity index is 451. The highest BCUT2D eigenvalue weighted by Gasteiger charge is 2.26. The van der Waals surface area contributed by atoms with E-state index in [2.05, 4.69) is 9.80 Å². The Kier molecular flexibility index (Phi) is 4.34. The molecule has 1 aliphatic carbocycles. The number of hydrogen-bond donors (Lipinski definition) is 1. The number of hydrogen-bond acceptors (Lipinski definition) is 3. The number of nitrogens with two attached hydrogens (primary N) is 1. The van der Waals surface area contributed by atoms with Crippen LogP contribution in [0.1, 0.15) is 24.0 Å². The van der Waals surface area contributed by atoms with Crippen LogP contribution in [-0.2, 0) is 13.1 Å². The quantitative estimate of drug-likeness (QED) is 0.891. The maximum Gasteiger partial charge on any atom is 0.123 e. The highest BCUT2D eigenvalue weighted by molar-refractivity contribution is 5.27. The van der Waals surface area contributed by atoms with Crippen LogP contribution < -0.4 is 5.73 Å². The molecule has 1 saturated heterocycles. The van der Waals surface area contributed by atoms with Crippen molar-refractivity contribution in [2.75, 3.05) is 32.7 Å². The second-order valence-electron chi connectivity index (χ2n) is 6.14. The van der Waals surface area contributed by atoms with E-state index in [9.17, 15) is 4.39 Å². The molecule has 1 saturated carbocycles. The van der Waals surface area contributed by atoms with Gasteiger partial charge in [0.2, 0.25) is 0 Å². The Hall–Kier alpha value is -0.970. The van der Waals surface area contributed by atoms with Crippen molar-refractivity contribution in [1.29, 1.82) is 0 Å². The van der Waals surface area contributed by atoms with E-state index in [-0.39, 0.29) is 5.82 Å². The summed E-state index contributed by atoms with van der Waals surface area (Å²) in [5, 5.41) is 0. The fraction of sp³-hybridized carbons (Fsp3) is 0.625. The average molecular weight is 277 g/mol. The van der Waals surface area contributed by atoms with E-state index in [0.29, 0.717) is 6.54 Å². The van der Waals surface area contributed by atoms with E-state index in [4.69, 9.17) is 5.73 Å². The van der Waals surface area contributed by atoms with Crippen molar-refractivity contribution < 1.29 is 4.39 Å². The van der Waals surface area contributed by atoms with E-state index >= 15 is 0 Å². The predicted molar refractivity (Wildman–Crippen MR) is 78.7 cm³/mol. The molecule has 0 amide bonds. The smallest absolute Gasteiger partial charge is 0.123 e. The van der Waals surface area contributed by atoms with Gasteiger partial charge in [0.1, 0.15) is 5.82 Å². The van der Waals surface area contributed by atoms with Gasteiger partial charge in [0, 0.05) is 45.8 Å². The number of halogens is 1. The number of nitrogens with zero attached hydrogens (tertiary/aromatic N) is 2. The van der Waals surface area contributed by atoms with Gasteiger partial charge in [0.15, 0.2) is 0 Å². The molecule has 3 nitrogen and oxygen atoms in total. The lowest BCUT2D eigenvalue weighted by atomic mass is 10.1. The zero-order valence-corrected chi connectivity index (χ0v) is 12.0. The summed E-state index contributed by atoms with van der Waals surface area (Å²) in [6, 6.07) is 4.99. The summed E-state index contributed by atoms with van der Waals surface area (Å²) in [6.07, 6.45) is 2.85. The first-order valence-corrected chi connectivity index (χ1v) is 7.66. The minimum absolute atomic E-state index is 0.191. The summed E-state index contributed by atoms with van der Waals surface area (Å²) in [7, 11) is 0. The summed E-state index contributed by atoms with van der Waals surface area (Å²) in [6.45, 7) is 7.13. The normalized spacial score (nSPS) is 21.3. The van der Waals surface area contributed by atoms with Gasteiger partial charge in [-0.15, -0.1) is 0 Å². The van der Waals surface area contributed by atoms with Gasteiger partial charge < -0.3 is 10.6 Å². The molecule has 0 spiro atoms. The first-order chi connectivity index (χ1) is 9.74. The van der Waals surface area contributed by atoms with Crippen molar-refractivity contribution >= 4 is 0 Å². The van der Waals surface area contributed by atoms with Gasteiger partial charge in [0.25, 0.3) is 0 Å². The van der Waals surface area contributed by atoms with Crippen LogP contribution in [0.3, 0.4) is 0 Å². The Labute approximate surface area is 120 Å². The molecule has 110 valence electrons. The predicted octanol–water partition coefficient (Wildman–Crippen LogP) is 1.81. The molecular formula is C16H24FN3. The standard InChI is InChI=1S/C16H24FN3/c17-16-4-3-14(15(9-16)10-18)12-20-7-5-19(6-8-20)11-13-1-2-13/h3-4,9,13H,1-2,5-8,10-12,18H2. The fourth-order valence-electron chi connectivity index (χ4n) is 2.98. The molecular weight excluding hydrogens is 253 g/mol. The van der Waals surface area contributed by atoms with E-state index in [0.717, 1.165) is 44.2 Å². The zero-order chi connectivity index (χ0) is 13.9.